The van der Waals surface area contributed by atoms with Crippen molar-refractivity contribution in [2.24, 2.45) is 0 Å². The minimum absolute atomic E-state index is 0.216. The molecule has 0 saturated carbocycles. The van der Waals surface area contributed by atoms with Crippen molar-refractivity contribution in [3.05, 3.63) is 114 Å². The molecule has 1 fully saturated rings. The van der Waals surface area contributed by atoms with E-state index in [1.54, 1.807) is 0 Å². The molecule has 4 aromatic rings. The van der Waals surface area contributed by atoms with Gasteiger partial charge in [0, 0.05) is 18.4 Å². The monoisotopic (exact) mass is 473 g/mol. The van der Waals surface area contributed by atoms with E-state index < -0.39 is 5.41 Å². The van der Waals surface area contributed by atoms with Crippen LogP contribution in [0.15, 0.2) is 91.1 Å². The van der Waals surface area contributed by atoms with Gasteiger partial charge in [0.2, 0.25) is 5.91 Å². The van der Waals surface area contributed by atoms with E-state index >= 15 is 0 Å². The summed E-state index contributed by atoms with van der Waals surface area (Å²) >= 11 is 0. The first-order valence-electron chi connectivity index (χ1n) is 12.8. The van der Waals surface area contributed by atoms with Crippen LogP contribution in [0.4, 0.5) is 11.4 Å². The van der Waals surface area contributed by atoms with Gasteiger partial charge in [-0.2, -0.15) is 0 Å². The predicted molar refractivity (Wildman–Crippen MR) is 145 cm³/mol. The summed E-state index contributed by atoms with van der Waals surface area (Å²) < 4.78 is 0. The first kappa shape index (κ1) is 22.7. The minimum atomic E-state index is -0.464. The van der Waals surface area contributed by atoms with Crippen molar-refractivity contribution in [3.8, 4) is 11.1 Å². The van der Waals surface area contributed by atoms with Gasteiger partial charge in [-0.1, -0.05) is 60.7 Å². The molecule has 6 rings (SSSR count). The highest BCUT2D eigenvalue weighted by molar-refractivity contribution is 6.13. The lowest BCUT2D eigenvalue weighted by molar-refractivity contribution is -0.124. The summed E-state index contributed by atoms with van der Waals surface area (Å²) in [4.78, 5) is 23.3. The predicted octanol–water partition coefficient (Wildman–Crippen LogP) is 6.58. The number of rotatable bonds is 4. The third-order valence-electron chi connectivity index (χ3n) is 8.02. The number of amides is 1. The van der Waals surface area contributed by atoms with Crippen molar-refractivity contribution in [1.29, 1.82) is 0 Å². The standard InChI is InChI=1S/C32H31N3O/c1-23-9-7-19-33-28(23)22-34-20-17-32(18-21-34)30-24(2)8-6-12-29(30)35(31(32)36)27-15-13-26(14-16-27)25-10-4-3-5-11-25/h3-16,19H,17-18,20-22H2,1-2H3. The molecule has 2 aliphatic heterocycles. The number of carbonyl (C=O) groups is 1. The molecule has 3 aromatic carbocycles. The number of anilines is 2. The Morgan fingerprint density at radius 1 is 0.778 bits per heavy atom. The molecule has 1 aromatic heterocycles. The van der Waals surface area contributed by atoms with Gasteiger partial charge in [0.15, 0.2) is 0 Å². The molecule has 0 radical (unpaired) electrons. The molecule has 1 saturated heterocycles. The number of likely N-dealkylation sites (tertiary alicyclic amines) is 1. The molecule has 36 heavy (non-hydrogen) atoms. The summed E-state index contributed by atoms with van der Waals surface area (Å²) in [5.41, 5.74) is 8.63. The van der Waals surface area contributed by atoms with Crippen LogP contribution in [0.5, 0.6) is 0 Å². The number of aromatic nitrogens is 1. The minimum Gasteiger partial charge on any atom is -0.297 e. The molecule has 2 aliphatic rings. The van der Waals surface area contributed by atoms with Crippen LogP contribution in [0.25, 0.3) is 11.1 Å². The first-order valence-corrected chi connectivity index (χ1v) is 12.8. The Morgan fingerprint density at radius 2 is 1.47 bits per heavy atom. The van der Waals surface area contributed by atoms with E-state index in [-0.39, 0.29) is 5.91 Å². The number of hydrogen-bond acceptors (Lipinski definition) is 3. The Hall–Kier alpha value is -3.76. The van der Waals surface area contributed by atoms with E-state index in [4.69, 9.17) is 0 Å². The molecule has 0 aliphatic carbocycles. The van der Waals surface area contributed by atoms with Crippen LogP contribution in [0.1, 0.15) is 35.2 Å². The summed E-state index contributed by atoms with van der Waals surface area (Å²) in [6, 6.07) is 29.2. The van der Waals surface area contributed by atoms with Crippen molar-refractivity contribution >= 4 is 17.3 Å². The van der Waals surface area contributed by atoms with Gasteiger partial charge in [0.25, 0.3) is 0 Å². The van der Waals surface area contributed by atoms with Crippen molar-refractivity contribution in [3.63, 3.8) is 0 Å². The van der Waals surface area contributed by atoms with Gasteiger partial charge >= 0.3 is 0 Å². The van der Waals surface area contributed by atoms with Gasteiger partial charge in [-0.05, 0) is 91.9 Å². The molecule has 180 valence electrons. The van der Waals surface area contributed by atoms with Crippen LogP contribution < -0.4 is 4.90 Å². The molecular formula is C32H31N3O. The third-order valence-corrected chi connectivity index (χ3v) is 8.02. The van der Waals surface area contributed by atoms with E-state index in [1.807, 2.05) is 23.2 Å². The van der Waals surface area contributed by atoms with Crippen LogP contribution in [-0.4, -0.2) is 28.9 Å². The van der Waals surface area contributed by atoms with Gasteiger partial charge in [-0.15, -0.1) is 0 Å². The summed E-state index contributed by atoms with van der Waals surface area (Å²) in [7, 11) is 0. The summed E-state index contributed by atoms with van der Waals surface area (Å²) in [5.74, 6) is 0.216. The molecular weight excluding hydrogens is 442 g/mol. The number of aryl methyl sites for hydroxylation is 2. The van der Waals surface area contributed by atoms with Crippen molar-refractivity contribution in [2.75, 3.05) is 18.0 Å². The van der Waals surface area contributed by atoms with E-state index in [9.17, 15) is 4.79 Å². The Balaban J connectivity index is 1.30. The number of pyridine rings is 1. The maximum absolute atomic E-state index is 14.3. The van der Waals surface area contributed by atoms with Crippen LogP contribution in [0.3, 0.4) is 0 Å². The van der Waals surface area contributed by atoms with Crippen LogP contribution in [0, 0.1) is 13.8 Å². The van der Waals surface area contributed by atoms with Gasteiger partial charge < -0.3 is 0 Å². The van der Waals surface area contributed by atoms with Crippen LogP contribution in [0.2, 0.25) is 0 Å². The van der Waals surface area contributed by atoms with E-state index in [0.717, 1.165) is 55.1 Å². The molecule has 4 nitrogen and oxygen atoms in total. The van der Waals surface area contributed by atoms with E-state index in [1.165, 1.54) is 22.3 Å². The first-order chi connectivity index (χ1) is 17.6. The zero-order valence-electron chi connectivity index (χ0n) is 20.9. The third kappa shape index (κ3) is 3.73. The normalized spacial score (nSPS) is 16.9. The van der Waals surface area contributed by atoms with Gasteiger partial charge in [-0.25, -0.2) is 0 Å². The number of hydrogen-bond donors (Lipinski definition) is 0. The van der Waals surface area contributed by atoms with E-state index in [0.29, 0.717) is 0 Å². The Morgan fingerprint density at radius 3 is 2.19 bits per heavy atom. The quantitative estimate of drug-likeness (QED) is 0.336. The SMILES string of the molecule is Cc1cccnc1CN1CCC2(CC1)C(=O)N(c1ccc(-c3ccccc3)cc1)c1cccc(C)c12. The fourth-order valence-electron chi connectivity index (χ4n) is 6.03. The molecule has 4 heteroatoms. The van der Waals surface area contributed by atoms with Crippen LogP contribution >= 0.6 is 0 Å². The maximum Gasteiger partial charge on any atom is 0.242 e. The Kier molecular flexibility index (Phi) is 5.69. The highest BCUT2D eigenvalue weighted by atomic mass is 16.2. The Labute approximate surface area is 213 Å². The lowest BCUT2D eigenvalue weighted by Gasteiger charge is -2.39. The molecule has 1 amide bonds. The smallest absolute Gasteiger partial charge is 0.242 e. The van der Waals surface area contributed by atoms with Crippen LogP contribution in [-0.2, 0) is 16.8 Å². The fourth-order valence-corrected chi connectivity index (χ4v) is 6.03. The number of fused-ring (bicyclic) bond motifs is 2. The summed E-state index contributed by atoms with van der Waals surface area (Å²) in [6.45, 7) is 6.88. The Bertz CT molecular complexity index is 1400. The molecule has 0 unspecified atom stereocenters. The zero-order valence-corrected chi connectivity index (χ0v) is 20.9. The van der Waals surface area contributed by atoms with E-state index in [2.05, 4.69) is 96.5 Å². The topological polar surface area (TPSA) is 36.4 Å². The van der Waals surface area contributed by atoms with Crippen molar-refractivity contribution in [2.45, 2.75) is 38.6 Å². The summed E-state index contributed by atoms with van der Waals surface area (Å²) in [5, 5.41) is 0. The highest BCUT2D eigenvalue weighted by Crippen LogP contribution is 2.52. The molecule has 3 heterocycles. The largest absolute Gasteiger partial charge is 0.297 e. The van der Waals surface area contributed by atoms with Crippen molar-refractivity contribution in [1.82, 2.24) is 9.88 Å². The lowest BCUT2D eigenvalue weighted by atomic mass is 9.72. The maximum atomic E-state index is 14.3. The molecule has 1 spiro atoms. The number of benzene rings is 3. The second kappa shape index (κ2) is 9.03. The van der Waals surface area contributed by atoms with Gasteiger partial charge in [0.05, 0.1) is 16.8 Å². The second-order valence-electron chi connectivity index (χ2n) is 10.1. The average Bonchev–Trinajstić information content (AvgIpc) is 3.15. The van der Waals surface area contributed by atoms with Crippen molar-refractivity contribution < 1.29 is 4.79 Å². The average molecular weight is 474 g/mol. The van der Waals surface area contributed by atoms with Gasteiger partial charge in [-0.3, -0.25) is 19.6 Å². The highest BCUT2D eigenvalue weighted by Gasteiger charge is 2.53. The molecule has 0 atom stereocenters. The molecule has 0 N–H and O–H groups in total. The second-order valence-corrected chi connectivity index (χ2v) is 10.1. The molecule has 0 bridgehead atoms. The summed E-state index contributed by atoms with van der Waals surface area (Å²) in [6.07, 6.45) is 3.52. The number of carbonyl (C=O) groups excluding carboxylic acids is 1. The number of nitrogens with zero attached hydrogens (tertiary/aromatic N) is 3. The lowest BCUT2D eigenvalue weighted by Crippen LogP contribution is -2.48. The number of piperidine rings is 1. The van der Waals surface area contributed by atoms with Gasteiger partial charge in [0.1, 0.15) is 0 Å². The fraction of sp³-hybridized carbons (Fsp3) is 0.250. The zero-order chi connectivity index (χ0) is 24.7.